The highest BCUT2D eigenvalue weighted by atomic mass is 15.2. The van der Waals surface area contributed by atoms with E-state index in [2.05, 4.69) is 53.5 Å². The van der Waals surface area contributed by atoms with Gasteiger partial charge >= 0.3 is 0 Å². The average Bonchev–Trinajstić information content (AvgIpc) is 2.68. The van der Waals surface area contributed by atoms with Gasteiger partial charge in [0.1, 0.15) is 18.9 Å². The van der Waals surface area contributed by atoms with Gasteiger partial charge in [-0.3, -0.25) is 4.90 Å². The summed E-state index contributed by atoms with van der Waals surface area (Å²) >= 11 is 0. The van der Waals surface area contributed by atoms with Crippen LogP contribution in [-0.4, -0.2) is 29.1 Å². The Bertz CT molecular complexity index is 264. The zero-order chi connectivity index (χ0) is 11.1. The minimum atomic E-state index is 1.10. The van der Waals surface area contributed by atoms with Crippen molar-refractivity contribution in [1.82, 2.24) is 9.47 Å². The molecule has 0 amide bonds. The van der Waals surface area contributed by atoms with Gasteiger partial charge in [0, 0.05) is 6.54 Å². The molecular weight excluding hydrogens is 186 g/mol. The number of nitrogens with zero attached hydrogens (tertiary/aromatic N) is 3. The zero-order valence-electron chi connectivity index (χ0n) is 10.3. The molecule has 0 fully saturated rings. The van der Waals surface area contributed by atoms with E-state index in [1.54, 1.807) is 0 Å². The van der Waals surface area contributed by atoms with E-state index in [1.165, 1.54) is 6.42 Å². The number of rotatable bonds is 7. The summed E-state index contributed by atoms with van der Waals surface area (Å²) in [5, 5.41) is 0. The first-order chi connectivity index (χ1) is 7.30. The summed E-state index contributed by atoms with van der Waals surface area (Å²) in [4.78, 5) is 2.45. The van der Waals surface area contributed by atoms with E-state index in [0.717, 1.165) is 32.7 Å². The van der Waals surface area contributed by atoms with Crippen LogP contribution in [0.15, 0.2) is 18.7 Å². The number of imidazole rings is 1. The van der Waals surface area contributed by atoms with E-state index in [-0.39, 0.29) is 0 Å². The number of likely N-dealkylation sites (N-methyl/N-ethyl adjacent to an activating group) is 1. The highest BCUT2D eigenvalue weighted by Gasteiger charge is 2.04. The molecule has 0 radical (unpaired) electrons. The fraction of sp³-hybridized carbons (Fsp3) is 0.750. The van der Waals surface area contributed by atoms with Gasteiger partial charge in [-0.05, 0) is 19.5 Å². The summed E-state index contributed by atoms with van der Waals surface area (Å²) in [6.07, 6.45) is 7.72. The van der Waals surface area contributed by atoms with Gasteiger partial charge < -0.3 is 0 Å². The molecule has 0 spiro atoms. The Morgan fingerprint density at radius 1 is 1.20 bits per heavy atom. The average molecular weight is 210 g/mol. The van der Waals surface area contributed by atoms with Crippen LogP contribution in [-0.2, 0) is 13.1 Å². The van der Waals surface area contributed by atoms with Crippen molar-refractivity contribution < 1.29 is 4.57 Å². The smallest absolute Gasteiger partial charge is 0.243 e. The Hall–Kier alpha value is -0.830. The zero-order valence-corrected chi connectivity index (χ0v) is 10.3. The standard InChI is InChI=1S/C12H24N3/c1-4-7-14-10-11-15(12-14)9-8-13(5-2)6-3/h10-12H,4-9H2,1-3H3/q+1. The third kappa shape index (κ3) is 4.04. The van der Waals surface area contributed by atoms with Crippen LogP contribution in [0.5, 0.6) is 0 Å². The SMILES string of the molecule is CCC[n+]1ccn(CCN(CC)CC)c1. The number of hydrogen-bond donors (Lipinski definition) is 0. The van der Waals surface area contributed by atoms with Gasteiger partial charge in [-0.1, -0.05) is 20.8 Å². The maximum atomic E-state index is 2.45. The molecule has 1 aromatic rings. The molecule has 0 aliphatic rings. The first kappa shape index (κ1) is 12.2. The van der Waals surface area contributed by atoms with Crippen molar-refractivity contribution in [2.45, 2.75) is 40.3 Å². The predicted molar refractivity (Wildman–Crippen MR) is 62.7 cm³/mol. The second-order valence-corrected chi connectivity index (χ2v) is 3.92. The number of aryl methyl sites for hydroxylation is 1. The molecule has 3 heteroatoms. The van der Waals surface area contributed by atoms with Crippen molar-refractivity contribution in [1.29, 1.82) is 0 Å². The third-order valence-corrected chi connectivity index (χ3v) is 2.80. The van der Waals surface area contributed by atoms with Gasteiger partial charge in [0.15, 0.2) is 0 Å². The number of hydrogen-bond acceptors (Lipinski definition) is 1. The Labute approximate surface area is 93.3 Å². The van der Waals surface area contributed by atoms with Crippen molar-refractivity contribution >= 4 is 0 Å². The highest BCUT2D eigenvalue weighted by molar-refractivity contribution is 4.67. The lowest BCUT2D eigenvalue weighted by atomic mass is 10.4. The molecular formula is C12H24N3+. The van der Waals surface area contributed by atoms with Crippen LogP contribution in [0.25, 0.3) is 0 Å². The molecule has 0 aliphatic carbocycles. The Morgan fingerprint density at radius 2 is 1.93 bits per heavy atom. The molecule has 0 bridgehead atoms. The monoisotopic (exact) mass is 210 g/mol. The lowest BCUT2D eigenvalue weighted by molar-refractivity contribution is -0.696. The molecule has 0 aromatic carbocycles. The fourth-order valence-electron chi connectivity index (χ4n) is 1.76. The maximum absolute atomic E-state index is 2.45. The van der Waals surface area contributed by atoms with Crippen LogP contribution < -0.4 is 4.57 Å². The summed E-state index contributed by atoms with van der Waals surface area (Å²) < 4.78 is 4.52. The molecule has 1 rings (SSSR count). The topological polar surface area (TPSA) is 12.0 Å². The Balaban J connectivity index is 2.36. The molecule has 0 unspecified atom stereocenters. The van der Waals surface area contributed by atoms with Gasteiger partial charge in [-0.2, -0.15) is 0 Å². The molecule has 0 N–H and O–H groups in total. The normalized spacial score (nSPS) is 11.2. The van der Waals surface area contributed by atoms with Gasteiger partial charge in [-0.25, -0.2) is 9.13 Å². The van der Waals surface area contributed by atoms with E-state index in [4.69, 9.17) is 0 Å². The van der Waals surface area contributed by atoms with Gasteiger partial charge in [0.05, 0.1) is 6.54 Å². The lowest BCUT2D eigenvalue weighted by Gasteiger charge is -2.15. The summed E-state index contributed by atoms with van der Waals surface area (Å²) in [5.41, 5.74) is 0. The van der Waals surface area contributed by atoms with Crippen molar-refractivity contribution in [3.63, 3.8) is 0 Å². The van der Waals surface area contributed by atoms with Gasteiger partial charge in [0.25, 0.3) is 0 Å². The van der Waals surface area contributed by atoms with E-state index in [0.29, 0.717) is 0 Å². The van der Waals surface area contributed by atoms with Crippen molar-refractivity contribution in [3.8, 4) is 0 Å². The van der Waals surface area contributed by atoms with Crippen LogP contribution in [0.4, 0.5) is 0 Å². The molecule has 3 nitrogen and oxygen atoms in total. The minimum Gasteiger partial charge on any atom is -0.300 e. The second-order valence-electron chi connectivity index (χ2n) is 3.92. The Kier molecular flexibility index (Phi) is 5.40. The summed E-state index contributed by atoms with van der Waals surface area (Å²) in [6.45, 7) is 12.3. The molecule has 1 aromatic heterocycles. The number of aromatic nitrogens is 2. The molecule has 0 saturated heterocycles. The van der Waals surface area contributed by atoms with Crippen LogP contribution in [0.1, 0.15) is 27.2 Å². The van der Waals surface area contributed by atoms with E-state index < -0.39 is 0 Å². The molecule has 86 valence electrons. The predicted octanol–water partition coefficient (Wildman–Crippen LogP) is 1.53. The molecule has 0 saturated carbocycles. The Morgan fingerprint density at radius 3 is 2.53 bits per heavy atom. The minimum absolute atomic E-state index is 1.10. The van der Waals surface area contributed by atoms with Crippen molar-refractivity contribution in [3.05, 3.63) is 18.7 Å². The second kappa shape index (κ2) is 6.62. The fourth-order valence-corrected chi connectivity index (χ4v) is 1.76. The van der Waals surface area contributed by atoms with Crippen LogP contribution >= 0.6 is 0 Å². The first-order valence-corrected chi connectivity index (χ1v) is 6.07. The van der Waals surface area contributed by atoms with Gasteiger partial charge in [-0.15, -0.1) is 0 Å². The van der Waals surface area contributed by atoms with Crippen molar-refractivity contribution in [2.24, 2.45) is 0 Å². The van der Waals surface area contributed by atoms with Crippen molar-refractivity contribution in [2.75, 3.05) is 19.6 Å². The quantitative estimate of drug-likeness (QED) is 0.622. The first-order valence-electron chi connectivity index (χ1n) is 6.07. The van der Waals surface area contributed by atoms with Crippen LogP contribution in [0, 0.1) is 0 Å². The van der Waals surface area contributed by atoms with Crippen LogP contribution in [0.2, 0.25) is 0 Å². The largest absolute Gasteiger partial charge is 0.300 e. The van der Waals surface area contributed by atoms with E-state index in [9.17, 15) is 0 Å². The van der Waals surface area contributed by atoms with E-state index >= 15 is 0 Å². The third-order valence-electron chi connectivity index (χ3n) is 2.80. The van der Waals surface area contributed by atoms with Gasteiger partial charge in [0.2, 0.25) is 6.33 Å². The highest BCUT2D eigenvalue weighted by Crippen LogP contribution is 1.91. The maximum Gasteiger partial charge on any atom is 0.243 e. The molecule has 0 atom stereocenters. The van der Waals surface area contributed by atoms with E-state index in [1.807, 2.05) is 0 Å². The van der Waals surface area contributed by atoms with Crippen LogP contribution in [0.3, 0.4) is 0 Å². The summed E-state index contributed by atoms with van der Waals surface area (Å²) in [6, 6.07) is 0. The molecule has 0 aliphatic heterocycles. The summed E-state index contributed by atoms with van der Waals surface area (Å²) in [7, 11) is 0. The molecule has 1 heterocycles. The lowest BCUT2D eigenvalue weighted by Crippen LogP contribution is -2.31. The molecule has 15 heavy (non-hydrogen) atoms. The summed E-state index contributed by atoms with van der Waals surface area (Å²) in [5.74, 6) is 0.